The maximum absolute atomic E-state index is 12.6. The topological polar surface area (TPSA) is 148 Å². The van der Waals surface area contributed by atoms with Crippen LogP contribution in [0.1, 0.15) is 58.8 Å². The molecule has 0 bridgehead atoms. The van der Waals surface area contributed by atoms with Crippen molar-refractivity contribution in [2.75, 3.05) is 13.2 Å². The van der Waals surface area contributed by atoms with E-state index in [-0.39, 0.29) is 38.3 Å². The van der Waals surface area contributed by atoms with Gasteiger partial charge in [-0.1, -0.05) is 6.92 Å². The Labute approximate surface area is 176 Å². The van der Waals surface area contributed by atoms with Crippen molar-refractivity contribution < 1.29 is 40.2 Å². The lowest BCUT2D eigenvalue weighted by atomic mass is 9.40. The number of ether oxygens (including phenoxy) is 1. The van der Waals surface area contributed by atoms with E-state index in [4.69, 9.17) is 4.74 Å². The number of carbonyl (C=O) groups excluding carboxylic acids is 1. The van der Waals surface area contributed by atoms with Gasteiger partial charge in [-0.05, 0) is 44.9 Å². The summed E-state index contributed by atoms with van der Waals surface area (Å²) in [5.41, 5.74) is -5.16. The maximum atomic E-state index is 12.6. The van der Waals surface area contributed by atoms with Gasteiger partial charge in [0.25, 0.3) is 0 Å². The van der Waals surface area contributed by atoms with Crippen LogP contribution in [0.2, 0.25) is 0 Å². The number of esters is 1. The van der Waals surface area contributed by atoms with Crippen LogP contribution >= 0.6 is 0 Å². The minimum absolute atomic E-state index is 0.0000423. The van der Waals surface area contributed by atoms with E-state index in [2.05, 4.69) is 0 Å². The fourth-order valence-electron chi connectivity index (χ4n) is 8.13. The van der Waals surface area contributed by atoms with Gasteiger partial charge in [-0.2, -0.15) is 0 Å². The zero-order valence-electron chi connectivity index (χ0n) is 17.8. The third-order valence-corrected chi connectivity index (χ3v) is 9.49. The van der Waals surface area contributed by atoms with Gasteiger partial charge in [-0.15, -0.1) is 0 Å². The first-order valence-electron chi connectivity index (χ1n) is 11.3. The molecular weight excluding hydrogens is 392 g/mol. The van der Waals surface area contributed by atoms with E-state index < -0.39 is 64.7 Å². The summed E-state index contributed by atoms with van der Waals surface area (Å²) in [5.74, 6) is -2.15. The van der Waals surface area contributed by atoms with Crippen molar-refractivity contribution in [3.63, 3.8) is 0 Å². The minimum Gasteiger partial charge on any atom is -0.466 e. The fourth-order valence-corrected chi connectivity index (χ4v) is 8.13. The largest absolute Gasteiger partial charge is 0.466 e. The molecule has 0 unspecified atom stereocenters. The Hall–Kier alpha value is -0.770. The summed E-state index contributed by atoms with van der Waals surface area (Å²) in [5, 5.41) is 66.5. The van der Waals surface area contributed by atoms with Crippen LogP contribution in [0.3, 0.4) is 0 Å². The Morgan fingerprint density at radius 3 is 2.43 bits per heavy atom. The lowest BCUT2D eigenvalue weighted by Crippen LogP contribution is -2.75. The highest BCUT2D eigenvalue weighted by molar-refractivity contribution is 5.74. The van der Waals surface area contributed by atoms with Gasteiger partial charge in [-0.3, -0.25) is 4.79 Å². The van der Waals surface area contributed by atoms with Crippen LogP contribution in [0.5, 0.6) is 0 Å². The second-order valence-electron chi connectivity index (χ2n) is 10.5. The number of aliphatic hydroxyl groups excluding tert-OH is 4. The van der Waals surface area contributed by atoms with Gasteiger partial charge in [0.1, 0.15) is 0 Å². The zero-order valence-corrected chi connectivity index (χ0v) is 17.8. The second kappa shape index (κ2) is 7.12. The summed E-state index contributed by atoms with van der Waals surface area (Å²) < 4.78 is 5.25. The van der Waals surface area contributed by atoms with Crippen LogP contribution in [-0.2, 0) is 9.53 Å². The van der Waals surface area contributed by atoms with Gasteiger partial charge < -0.3 is 35.4 Å². The van der Waals surface area contributed by atoms with Gasteiger partial charge >= 0.3 is 5.97 Å². The van der Waals surface area contributed by atoms with Crippen molar-refractivity contribution >= 4 is 5.97 Å². The van der Waals surface area contributed by atoms with E-state index in [0.29, 0.717) is 19.3 Å². The van der Waals surface area contributed by atoms with E-state index in [1.165, 1.54) is 0 Å². The Morgan fingerprint density at radius 2 is 1.80 bits per heavy atom. The lowest BCUT2D eigenvalue weighted by molar-refractivity contribution is -0.317. The monoisotopic (exact) mass is 428 g/mol. The van der Waals surface area contributed by atoms with E-state index >= 15 is 0 Å². The van der Waals surface area contributed by atoms with E-state index in [9.17, 15) is 35.4 Å². The molecule has 172 valence electrons. The van der Waals surface area contributed by atoms with Gasteiger partial charge in [0.2, 0.25) is 0 Å². The maximum Gasteiger partial charge on any atom is 0.309 e. The molecule has 0 aromatic carbocycles. The smallest absolute Gasteiger partial charge is 0.309 e. The number of hydrogen-bond acceptors (Lipinski definition) is 8. The molecule has 4 saturated carbocycles. The van der Waals surface area contributed by atoms with Crippen LogP contribution in [0.25, 0.3) is 0 Å². The highest BCUT2D eigenvalue weighted by Gasteiger charge is 2.75. The molecule has 30 heavy (non-hydrogen) atoms. The quantitative estimate of drug-likeness (QED) is 0.336. The highest BCUT2D eigenvalue weighted by atomic mass is 16.5. The van der Waals surface area contributed by atoms with Crippen LogP contribution in [0.15, 0.2) is 0 Å². The Balaban J connectivity index is 1.78. The van der Waals surface area contributed by atoms with Crippen LogP contribution in [0.4, 0.5) is 0 Å². The van der Waals surface area contributed by atoms with E-state index in [0.717, 1.165) is 0 Å². The van der Waals surface area contributed by atoms with Crippen molar-refractivity contribution in [2.24, 2.45) is 28.6 Å². The third kappa shape index (κ3) is 2.58. The summed E-state index contributed by atoms with van der Waals surface area (Å²) in [6.45, 7) is 3.25. The predicted octanol–water partition coefficient (Wildman–Crippen LogP) is -0.287. The average Bonchev–Trinajstić information content (AvgIpc) is 2.92. The molecule has 6 N–H and O–H groups in total. The second-order valence-corrected chi connectivity index (χ2v) is 10.5. The van der Waals surface area contributed by atoms with E-state index in [1.807, 2.05) is 6.92 Å². The molecule has 4 rings (SSSR count). The van der Waals surface area contributed by atoms with Crippen molar-refractivity contribution in [1.82, 2.24) is 0 Å². The molecule has 0 aromatic rings. The first-order chi connectivity index (χ1) is 14.0. The number of hydrogen-bond donors (Lipinski definition) is 6. The molecule has 0 amide bonds. The van der Waals surface area contributed by atoms with Gasteiger partial charge in [0, 0.05) is 24.2 Å². The summed E-state index contributed by atoms with van der Waals surface area (Å²) in [7, 11) is 0. The molecule has 0 aliphatic heterocycles. The molecule has 4 aliphatic rings. The van der Waals surface area contributed by atoms with Crippen molar-refractivity contribution in [2.45, 2.75) is 88.3 Å². The Bertz CT molecular complexity index is 701. The summed E-state index contributed by atoms with van der Waals surface area (Å²) in [6, 6.07) is 0. The van der Waals surface area contributed by atoms with Crippen LogP contribution in [0, 0.1) is 28.6 Å². The fraction of sp³-hybridized carbons (Fsp3) is 0.955. The first kappa shape index (κ1) is 22.4. The molecule has 0 aromatic heterocycles. The van der Waals surface area contributed by atoms with Crippen LogP contribution < -0.4 is 0 Å². The number of rotatable bonds is 3. The molecule has 0 saturated heterocycles. The van der Waals surface area contributed by atoms with Gasteiger partial charge in [-0.25, -0.2) is 0 Å². The molecule has 8 heteroatoms. The number of fused-ring (bicyclic) bond motifs is 5. The number of aliphatic hydroxyl groups is 6. The molecule has 4 fully saturated rings. The SMILES string of the molecule is CCOC(=O)[C@H]1CC[C@@]2(O)[C@@H]3CC[C@@]4(O)C[C@@H](O)C[C@@H](O)[C@]4(CO)[C@H]3[C@@H](O)C[C@]12C. The normalized spacial score (nSPS) is 55.3. The lowest BCUT2D eigenvalue weighted by Gasteiger charge is -2.68. The van der Waals surface area contributed by atoms with Gasteiger partial charge in [0.05, 0.1) is 54.1 Å². The average molecular weight is 429 g/mol. The summed E-state index contributed by atoms with van der Waals surface area (Å²) >= 11 is 0. The van der Waals surface area contributed by atoms with Crippen LogP contribution in [-0.4, -0.2) is 79.3 Å². The first-order valence-corrected chi connectivity index (χ1v) is 11.3. The van der Waals surface area contributed by atoms with Crippen molar-refractivity contribution in [1.29, 1.82) is 0 Å². The molecule has 4 aliphatic carbocycles. The summed E-state index contributed by atoms with van der Waals surface area (Å²) in [4.78, 5) is 12.6. The predicted molar refractivity (Wildman–Crippen MR) is 105 cm³/mol. The molecule has 0 spiro atoms. The Morgan fingerprint density at radius 1 is 1.10 bits per heavy atom. The third-order valence-electron chi connectivity index (χ3n) is 9.49. The molecule has 0 heterocycles. The van der Waals surface area contributed by atoms with Crippen molar-refractivity contribution in [3.05, 3.63) is 0 Å². The van der Waals surface area contributed by atoms with E-state index in [1.54, 1.807) is 6.92 Å². The standard InChI is InChI=1S/C22H36O8/c1-3-30-18(27)14-5-7-22(29)13-4-6-20(28)9-12(24)8-16(26)21(20,11-23)17(13)15(25)10-19(14,22)2/h12-17,23-26,28-29H,3-11H2,1-2H3/t12-,13+,14+,15-,16+,17+,19+,20+,21+,22+/m0/s1. The molecule has 8 nitrogen and oxygen atoms in total. The number of carbonyl (C=O) groups is 1. The molecule has 10 atom stereocenters. The minimum atomic E-state index is -1.54. The zero-order chi connectivity index (χ0) is 22.1. The van der Waals surface area contributed by atoms with Crippen molar-refractivity contribution in [3.8, 4) is 0 Å². The molecular formula is C22H36O8. The highest BCUT2D eigenvalue weighted by Crippen LogP contribution is 2.69. The molecule has 0 radical (unpaired) electrons. The Kier molecular flexibility index (Phi) is 5.32. The summed E-state index contributed by atoms with van der Waals surface area (Å²) in [6.07, 6.45) is -1.64. The van der Waals surface area contributed by atoms with Gasteiger partial charge in [0.15, 0.2) is 0 Å².